The minimum absolute atomic E-state index is 0.160. The molecule has 2 unspecified atom stereocenters. The summed E-state index contributed by atoms with van der Waals surface area (Å²) in [6, 6.07) is 4.15. The van der Waals surface area contributed by atoms with Crippen molar-refractivity contribution in [1.29, 1.82) is 0 Å². The van der Waals surface area contributed by atoms with Gasteiger partial charge in [-0.3, -0.25) is 0 Å². The molecule has 0 saturated carbocycles. The van der Waals surface area contributed by atoms with Crippen LogP contribution in [0.3, 0.4) is 0 Å². The van der Waals surface area contributed by atoms with Gasteiger partial charge in [-0.25, -0.2) is 0 Å². The molecule has 120 valence electrons. The van der Waals surface area contributed by atoms with Crippen molar-refractivity contribution in [1.82, 2.24) is 5.32 Å². The summed E-state index contributed by atoms with van der Waals surface area (Å²) in [6.45, 7) is 9.28. The van der Waals surface area contributed by atoms with Crippen LogP contribution in [0.4, 0.5) is 13.2 Å². The molecule has 2 atom stereocenters. The van der Waals surface area contributed by atoms with Gasteiger partial charge in [0.2, 0.25) is 0 Å². The van der Waals surface area contributed by atoms with Gasteiger partial charge in [0.25, 0.3) is 0 Å². The number of nitrogens with one attached hydrogen (secondary N) is 1. The van der Waals surface area contributed by atoms with Gasteiger partial charge in [-0.1, -0.05) is 42.8 Å². The second-order valence-electron chi connectivity index (χ2n) is 5.75. The Morgan fingerprint density at radius 2 is 1.81 bits per heavy atom. The summed E-state index contributed by atoms with van der Waals surface area (Å²) in [5, 5.41) is 3.44. The Kier molecular flexibility index (Phi) is 6.72. The minimum atomic E-state index is -4.31. The van der Waals surface area contributed by atoms with Crippen LogP contribution in [0.15, 0.2) is 22.7 Å². The highest BCUT2D eigenvalue weighted by Gasteiger charge is 2.32. The lowest BCUT2D eigenvalue weighted by Crippen LogP contribution is -2.35. The fraction of sp³-hybridized carbons (Fsp3) is 0.625. The van der Waals surface area contributed by atoms with E-state index >= 15 is 0 Å². The normalized spacial score (nSPS) is 15.3. The maximum atomic E-state index is 12.8. The van der Waals surface area contributed by atoms with Gasteiger partial charge in [0.1, 0.15) is 0 Å². The molecule has 0 spiro atoms. The van der Waals surface area contributed by atoms with Crippen LogP contribution in [0.1, 0.15) is 51.2 Å². The summed E-state index contributed by atoms with van der Waals surface area (Å²) >= 11 is 3.32. The quantitative estimate of drug-likeness (QED) is 0.692. The van der Waals surface area contributed by atoms with E-state index in [4.69, 9.17) is 0 Å². The molecular weight excluding hydrogens is 343 g/mol. The molecule has 0 radical (unpaired) electrons. The predicted molar refractivity (Wildman–Crippen MR) is 84.5 cm³/mol. The Hall–Kier alpha value is -0.550. The predicted octanol–water partition coefficient (Wildman–Crippen LogP) is 5.60. The summed E-state index contributed by atoms with van der Waals surface area (Å²) in [7, 11) is 0. The summed E-state index contributed by atoms with van der Waals surface area (Å²) in [6.07, 6.45) is -3.27. The van der Waals surface area contributed by atoms with Crippen LogP contribution in [0.5, 0.6) is 0 Å². The second kappa shape index (κ2) is 7.63. The van der Waals surface area contributed by atoms with Gasteiger partial charge in [-0.2, -0.15) is 13.2 Å². The first kappa shape index (κ1) is 18.5. The zero-order valence-electron chi connectivity index (χ0n) is 12.9. The van der Waals surface area contributed by atoms with E-state index in [1.54, 1.807) is 6.07 Å². The van der Waals surface area contributed by atoms with Crippen molar-refractivity contribution < 1.29 is 13.2 Å². The largest absolute Gasteiger partial charge is 0.416 e. The Labute approximate surface area is 133 Å². The van der Waals surface area contributed by atoms with Gasteiger partial charge in [-0.15, -0.1) is 0 Å². The van der Waals surface area contributed by atoms with Gasteiger partial charge in [0.15, 0.2) is 0 Å². The van der Waals surface area contributed by atoms with Crippen LogP contribution in [-0.4, -0.2) is 12.6 Å². The highest BCUT2D eigenvalue weighted by molar-refractivity contribution is 9.10. The van der Waals surface area contributed by atoms with Crippen molar-refractivity contribution >= 4 is 15.9 Å². The summed E-state index contributed by atoms with van der Waals surface area (Å²) in [5.41, 5.74) is 0.309. The van der Waals surface area contributed by atoms with E-state index in [0.29, 0.717) is 10.4 Å². The van der Waals surface area contributed by atoms with E-state index in [0.717, 1.165) is 18.5 Å². The molecule has 0 aromatic heterocycles. The summed E-state index contributed by atoms with van der Waals surface area (Å²) in [4.78, 5) is 0. The smallest absolute Gasteiger partial charge is 0.314 e. The third-order valence-corrected chi connectivity index (χ3v) is 4.35. The van der Waals surface area contributed by atoms with Crippen LogP contribution >= 0.6 is 15.9 Å². The van der Waals surface area contributed by atoms with Crippen LogP contribution in [0.25, 0.3) is 0 Å². The average Bonchev–Trinajstić information content (AvgIpc) is 2.36. The van der Waals surface area contributed by atoms with Gasteiger partial charge in [0.05, 0.1) is 5.56 Å². The number of rotatable bonds is 6. The number of benzene rings is 1. The van der Waals surface area contributed by atoms with Gasteiger partial charge >= 0.3 is 6.18 Å². The first-order valence-electron chi connectivity index (χ1n) is 7.28. The average molecular weight is 366 g/mol. The van der Waals surface area contributed by atoms with Crippen molar-refractivity contribution in [3.63, 3.8) is 0 Å². The van der Waals surface area contributed by atoms with E-state index in [2.05, 4.69) is 48.9 Å². The van der Waals surface area contributed by atoms with Gasteiger partial charge in [0, 0.05) is 16.4 Å². The second-order valence-corrected chi connectivity index (χ2v) is 6.60. The molecule has 5 heteroatoms. The van der Waals surface area contributed by atoms with E-state index in [9.17, 15) is 13.2 Å². The molecule has 0 fully saturated rings. The SMILES string of the molecule is CCCNC(C)C(c1ccc(C(F)(F)F)cc1Br)C(C)C. The third kappa shape index (κ3) is 4.99. The molecule has 21 heavy (non-hydrogen) atoms. The molecular formula is C16H23BrF3N. The lowest BCUT2D eigenvalue weighted by Gasteiger charge is -2.30. The first-order valence-corrected chi connectivity index (χ1v) is 8.07. The molecule has 0 saturated heterocycles. The number of hydrogen-bond donors (Lipinski definition) is 1. The maximum Gasteiger partial charge on any atom is 0.416 e. The molecule has 0 aliphatic rings. The van der Waals surface area contributed by atoms with Crippen molar-refractivity contribution in [3.8, 4) is 0 Å². The molecule has 0 bridgehead atoms. The summed E-state index contributed by atoms with van der Waals surface area (Å²) in [5.74, 6) is 0.491. The zero-order valence-corrected chi connectivity index (χ0v) is 14.5. The molecule has 0 aliphatic carbocycles. The standard InChI is InChI=1S/C16H23BrF3N/c1-5-8-21-11(4)15(10(2)3)13-7-6-12(9-14(13)17)16(18,19)20/h6-7,9-11,15,21H,5,8H2,1-4H3. The van der Waals surface area contributed by atoms with Crippen LogP contribution in [0, 0.1) is 5.92 Å². The Balaban J connectivity index is 3.09. The van der Waals surface area contributed by atoms with Crippen molar-refractivity contribution in [2.75, 3.05) is 6.54 Å². The first-order chi connectivity index (χ1) is 9.68. The van der Waals surface area contributed by atoms with Crippen molar-refractivity contribution in [2.24, 2.45) is 5.92 Å². The molecule has 0 amide bonds. The molecule has 1 rings (SSSR count). The number of halogens is 4. The number of hydrogen-bond acceptors (Lipinski definition) is 1. The minimum Gasteiger partial charge on any atom is -0.314 e. The monoisotopic (exact) mass is 365 g/mol. The summed E-state index contributed by atoms with van der Waals surface area (Å²) < 4.78 is 38.8. The van der Waals surface area contributed by atoms with Crippen molar-refractivity contribution in [2.45, 2.75) is 52.3 Å². The maximum absolute atomic E-state index is 12.8. The van der Waals surface area contributed by atoms with E-state index in [1.165, 1.54) is 12.1 Å². The fourth-order valence-corrected chi connectivity index (χ4v) is 3.32. The van der Waals surface area contributed by atoms with Crippen molar-refractivity contribution in [3.05, 3.63) is 33.8 Å². The van der Waals surface area contributed by atoms with E-state index in [1.807, 2.05) is 0 Å². The van der Waals surface area contributed by atoms with Crippen LogP contribution < -0.4 is 5.32 Å². The van der Waals surface area contributed by atoms with E-state index < -0.39 is 11.7 Å². The lowest BCUT2D eigenvalue weighted by molar-refractivity contribution is -0.137. The highest BCUT2D eigenvalue weighted by Crippen LogP contribution is 2.37. The number of alkyl halides is 3. The van der Waals surface area contributed by atoms with Gasteiger partial charge < -0.3 is 5.32 Å². The Morgan fingerprint density at radius 1 is 1.19 bits per heavy atom. The molecule has 1 nitrogen and oxygen atoms in total. The molecule has 0 aliphatic heterocycles. The van der Waals surface area contributed by atoms with E-state index in [-0.39, 0.29) is 12.0 Å². The van der Waals surface area contributed by atoms with Gasteiger partial charge in [-0.05, 0) is 43.5 Å². The fourth-order valence-electron chi connectivity index (χ4n) is 2.68. The third-order valence-electron chi connectivity index (χ3n) is 3.66. The van der Waals surface area contributed by atoms with Crippen LogP contribution in [-0.2, 0) is 6.18 Å². The highest BCUT2D eigenvalue weighted by atomic mass is 79.9. The topological polar surface area (TPSA) is 12.0 Å². The molecule has 1 N–H and O–H groups in total. The lowest BCUT2D eigenvalue weighted by atomic mass is 9.82. The zero-order chi connectivity index (χ0) is 16.2. The van der Waals surface area contributed by atoms with Crippen LogP contribution in [0.2, 0.25) is 0 Å². The molecule has 1 aromatic rings. The Morgan fingerprint density at radius 3 is 2.24 bits per heavy atom. The molecule has 0 heterocycles. The molecule has 1 aromatic carbocycles. The Bertz CT molecular complexity index is 457.